The van der Waals surface area contributed by atoms with Crippen LogP contribution in [0.15, 0.2) is 10.7 Å². The summed E-state index contributed by atoms with van der Waals surface area (Å²) in [6, 6.07) is 0.381. The molecule has 8 nitrogen and oxygen atoms in total. The van der Waals surface area contributed by atoms with E-state index in [1.807, 2.05) is 10.9 Å². The van der Waals surface area contributed by atoms with Gasteiger partial charge >= 0.3 is 0 Å². The third-order valence-corrected chi connectivity index (χ3v) is 3.60. The Kier molecular flexibility index (Phi) is 2.56. The second-order valence-corrected chi connectivity index (χ2v) is 4.91. The number of hydrogen-bond acceptors (Lipinski definition) is 7. The summed E-state index contributed by atoms with van der Waals surface area (Å²) >= 11 is 0. The molecule has 1 N–H and O–H groups in total. The lowest BCUT2D eigenvalue weighted by atomic mass is 10.1. The lowest BCUT2D eigenvalue weighted by Crippen LogP contribution is -2.43. The molecule has 2 aromatic heterocycles. The molecule has 2 saturated heterocycles. The standard InChI is InChI=1S/C11H14N6O2/c1-2-18-6-7(1)10-13-11(19-15-10)9-5-17(16-14-9)8-3-12-4-8/h5,7-8,12H,1-4,6H2. The largest absolute Gasteiger partial charge is 0.381 e. The third-order valence-electron chi connectivity index (χ3n) is 3.60. The van der Waals surface area contributed by atoms with Crippen molar-refractivity contribution in [2.24, 2.45) is 0 Å². The minimum Gasteiger partial charge on any atom is -0.381 e. The fraction of sp³-hybridized carbons (Fsp3) is 0.636. The molecule has 2 fully saturated rings. The Balaban J connectivity index is 1.56. The average molecular weight is 262 g/mol. The molecule has 1 unspecified atom stereocenters. The third kappa shape index (κ3) is 1.92. The number of aromatic nitrogens is 5. The normalized spacial score (nSPS) is 23.7. The van der Waals surface area contributed by atoms with Crippen molar-refractivity contribution >= 4 is 0 Å². The lowest BCUT2D eigenvalue weighted by Gasteiger charge is -2.26. The number of nitrogens with one attached hydrogen (secondary N) is 1. The van der Waals surface area contributed by atoms with Gasteiger partial charge in [-0.05, 0) is 6.42 Å². The van der Waals surface area contributed by atoms with Crippen LogP contribution in [-0.2, 0) is 4.74 Å². The molecule has 8 heteroatoms. The number of hydrogen-bond donors (Lipinski definition) is 1. The molecule has 4 heterocycles. The van der Waals surface area contributed by atoms with E-state index in [2.05, 4.69) is 25.8 Å². The molecular weight excluding hydrogens is 248 g/mol. The molecule has 1 atom stereocenters. The molecule has 0 radical (unpaired) electrons. The van der Waals surface area contributed by atoms with Crippen molar-refractivity contribution in [1.82, 2.24) is 30.5 Å². The minimum absolute atomic E-state index is 0.239. The van der Waals surface area contributed by atoms with Crippen LogP contribution in [0, 0.1) is 0 Å². The first-order valence-corrected chi connectivity index (χ1v) is 6.44. The number of rotatable bonds is 3. The topological polar surface area (TPSA) is 90.9 Å². The van der Waals surface area contributed by atoms with Gasteiger partial charge in [-0.3, -0.25) is 0 Å². The van der Waals surface area contributed by atoms with E-state index in [1.165, 1.54) is 0 Å². The van der Waals surface area contributed by atoms with Crippen LogP contribution < -0.4 is 5.32 Å². The Morgan fingerprint density at radius 3 is 3.05 bits per heavy atom. The van der Waals surface area contributed by atoms with Gasteiger partial charge in [0.15, 0.2) is 11.5 Å². The summed E-state index contributed by atoms with van der Waals surface area (Å²) in [7, 11) is 0. The highest BCUT2D eigenvalue weighted by atomic mass is 16.5. The van der Waals surface area contributed by atoms with Crippen molar-refractivity contribution in [2.75, 3.05) is 26.3 Å². The van der Waals surface area contributed by atoms with Crippen molar-refractivity contribution < 1.29 is 9.26 Å². The monoisotopic (exact) mass is 262 g/mol. The van der Waals surface area contributed by atoms with Crippen molar-refractivity contribution in [3.05, 3.63) is 12.0 Å². The summed E-state index contributed by atoms with van der Waals surface area (Å²) in [6.45, 7) is 3.29. The van der Waals surface area contributed by atoms with Gasteiger partial charge in [0, 0.05) is 25.6 Å². The van der Waals surface area contributed by atoms with E-state index < -0.39 is 0 Å². The minimum atomic E-state index is 0.239. The maximum atomic E-state index is 5.32. The van der Waals surface area contributed by atoms with Gasteiger partial charge in [-0.2, -0.15) is 4.98 Å². The summed E-state index contributed by atoms with van der Waals surface area (Å²) in [5.41, 5.74) is 0.629. The highest BCUT2D eigenvalue weighted by Crippen LogP contribution is 2.25. The van der Waals surface area contributed by atoms with Gasteiger partial charge in [-0.15, -0.1) is 5.10 Å². The van der Waals surface area contributed by atoms with Gasteiger partial charge in [-0.25, -0.2) is 4.68 Å². The molecule has 19 heavy (non-hydrogen) atoms. The van der Waals surface area contributed by atoms with Crippen molar-refractivity contribution in [1.29, 1.82) is 0 Å². The van der Waals surface area contributed by atoms with E-state index in [0.29, 0.717) is 30.1 Å². The van der Waals surface area contributed by atoms with Crippen LogP contribution in [0.3, 0.4) is 0 Å². The van der Waals surface area contributed by atoms with Crippen LogP contribution in [0.1, 0.15) is 24.2 Å². The molecule has 100 valence electrons. The van der Waals surface area contributed by atoms with Gasteiger partial charge < -0.3 is 14.6 Å². The molecule has 0 amide bonds. The van der Waals surface area contributed by atoms with Gasteiger partial charge in [0.1, 0.15) is 0 Å². The summed E-state index contributed by atoms with van der Waals surface area (Å²) in [6.07, 6.45) is 2.80. The molecule has 0 spiro atoms. The maximum Gasteiger partial charge on any atom is 0.280 e. The average Bonchev–Trinajstić information content (AvgIpc) is 3.08. The van der Waals surface area contributed by atoms with Gasteiger partial charge in [-0.1, -0.05) is 10.4 Å². The van der Waals surface area contributed by atoms with Crippen LogP contribution in [0.5, 0.6) is 0 Å². The van der Waals surface area contributed by atoms with E-state index in [4.69, 9.17) is 9.26 Å². The van der Waals surface area contributed by atoms with E-state index in [0.717, 1.165) is 26.1 Å². The highest BCUT2D eigenvalue weighted by Gasteiger charge is 2.25. The Hall–Kier alpha value is -1.80. The van der Waals surface area contributed by atoms with Gasteiger partial charge in [0.25, 0.3) is 5.89 Å². The first-order valence-electron chi connectivity index (χ1n) is 6.44. The Bertz CT molecular complexity index is 569. The van der Waals surface area contributed by atoms with Crippen molar-refractivity contribution in [3.63, 3.8) is 0 Å². The zero-order valence-corrected chi connectivity index (χ0v) is 10.3. The number of nitrogens with zero attached hydrogens (tertiary/aromatic N) is 5. The molecular formula is C11H14N6O2. The van der Waals surface area contributed by atoms with Crippen LogP contribution in [-0.4, -0.2) is 51.4 Å². The molecule has 0 aromatic carbocycles. The van der Waals surface area contributed by atoms with E-state index in [9.17, 15) is 0 Å². The fourth-order valence-corrected chi connectivity index (χ4v) is 2.26. The Labute approximate surface area is 109 Å². The van der Waals surface area contributed by atoms with E-state index in [-0.39, 0.29) is 5.92 Å². The van der Waals surface area contributed by atoms with Crippen LogP contribution >= 0.6 is 0 Å². The Morgan fingerprint density at radius 2 is 2.32 bits per heavy atom. The summed E-state index contributed by atoms with van der Waals surface area (Å²) in [5.74, 6) is 1.37. The molecule has 2 aliphatic heterocycles. The van der Waals surface area contributed by atoms with E-state index >= 15 is 0 Å². The quantitative estimate of drug-likeness (QED) is 0.830. The lowest BCUT2D eigenvalue weighted by molar-refractivity contribution is 0.192. The molecule has 4 rings (SSSR count). The van der Waals surface area contributed by atoms with Crippen LogP contribution in [0.25, 0.3) is 11.6 Å². The first kappa shape index (κ1) is 11.1. The zero-order chi connectivity index (χ0) is 12.7. The SMILES string of the molecule is c1c(-c2nc(C3CCOC3)no2)nnn1C1CNC1. The fourth-order valence-electron chi connectivity index (χ4n) is 2.26. The van der Waals surface area contributed by atoms with Crippen molar-refractivity contribution in [2.45, 2.75) is 18.4 Å². The van der Waals surface area contributed by atoms with E-state index in [1.54, 1.807) is 0 Å². The predicted molar refractivity (Wildman–Crippen MR) is 63.4 cm³/mol. The summed E-state index contributed by atoms with van der Waals surface area (Å²) < 4.78 is 12.4. The second kappa shape index (κ2) is 4.39. The summed E-state index contributed by atoms with van der Waals surface area (Å²) in [4.78, 5) is 4.39. The zero-order valence-electron chi connectivity index (χ0n) is 10.3. The van der Waals surface area contributed by atoms with Crippen LogP contribution in [0.2, 0.25) is 0 Å². The molecule has 2 aromatic rings. The molecule has 0 bridgehead atoms. The second-order valence-electron chi connectivity index (χ2n) is 4.91. The molecule has 0 aliphatic carbocycles. The summed E-state index contributed by atoms with van der Waals surface area (Å²) in [5, 5.41) is 15.4. The number of ether oxygens (including phenoxy) is 1. The van der Waals surface area contributed by atoms with Crippen LogP contribution in [0.4, 0.5) is 0 Å². The predicted octanol–water partition coefficient (Wildman–Crippen LogP) is -0.0237. The molecule has 2 aliphatic rings. The smallest absolute Gasteiger partial charge is 0.280 e. The highest BCUT2D eigenvalue weighted by molar-refractivity contribution is 5.43. The Morgan fingerprint density at radius 1 is 1.37 bits per heavy atom. The maximum absolute atomic E-state index is 5.32. The first-order chi connectivity index (χ1) is 9.40. The molecule has 0 saturated carbocycles. The van der Waals surface area contributed by atoms with Crippen molar-refractivity contribution in [3.8, 4) is 11.6 Å². The van der Waals surface area contributed by atoms with Gasteiger partial charge in [0.2, 0.25) is 0 Å². The van der Waals surface area contributed by atoms with Gasteiger partial charge in [0.05, 0.1) is 18.8 Å².